The van der Waals surface area contributed by atoms with Crippen molar-refractivity contribution in [2.75, 3.05) is 24.3 Å². The van der Waals surface area contributed by atoms with Gasteiger partial charge in [0.2, 0.25) is 5.82 Å². The highest BCUT2D eigenvalue weighted by molar-refractivity contribution is 9.10. The minimum atomic E-state index is -0.460. The topological polar surface area (TPSA) is 71.3 Å². The molecule has 0 atom stereocenters. The van der Waals surface area contributed by atoms with Gasteiger partial charge in [0.25, 0.3) is 0 Å². The highest BCUT2D eigenvalue weighted by Crippen LogP contribution is 2.31. The van der Waals surface area contributed by atoms with E-state index in [2.05, 4.69) is 26.2 Å². The average Bonchev–Trinajstić information content (AvgIpc) is 2.41. The van der Waals surface area contributed by atoms with Gasteiger partial charge in [-0.15, -0.1) is 0 Å². The first-order valence-corrected chi connectivity index (χ1v) is 6.61. The van der Waals surface area contributed by atoms with Crippen LogP contribution in [0.15, 0.2) is 41.0 Å². The molecule has 0 saturated heterocycles. The molecule has 0 aliphatic heterocycles. The van der Waals surface area contributed by atoms with Gasteiger partial charge in [0.1, 0.15) is 0 Å². The van der Waals surface area contributed by atoms with E-state index in [9.17, 15) is 10.1 Å². The summed E-state index contributed by atoms with van der Waals surface area (Å²) in [5.41, 5.74) is 1.61. The van der Waals surface area contributed by atoms with Gasteiger partial charge in [0.05, 0.1) is 16.3 Å². The Morgan fingerprint density at radius 2 is 2.05 bits per heavy atom. The van der Waals surface area contributed by atoms with Gasteiger partial charge >= 0.3 is 5.69 Å². The van der Waals surface area contributed by atoms with Gasteiger partial charge in [-0.2, -0.15) is 0 Å². The number of nitrogens with one attached hydrogen (secondary N) is 1. The number of pyridine rings is 1. The second kappa shape index (κ2) is 5.87. The first-order chi connectivity index (χ1) is 9.49. The number of para-hydroxylation sites is 2. The normalized spacial score (nSPS) is 10.2. The van der Waals surface area contributed by atoms with Gasteiger partial charge in [-0.1, -0.05) is 12.1 Å². The molecule has 0 unspecified atom stereocenters. The van der Waals surface area contributed by atoms with Crippen molar-refractivity contribution in [2.45, 2.75) is 0 Å². The molecule has 0 saturated carbocycles. The van der Waals surface area contributed by atoms with Crippen LogP contribution in [-0.2, 0) is 0 Å². The number of aromatic nitrogens is 1. The fraction of sp³-hybridized carbons (Fsp3) is 0.154. The number of halogens is 1. The molecule has 0 amide bonds. The molecular weight excluding hydrogens is 324 g/mol. The second-order valence-electron chi connectivity index (χ2n) is 4.31. The quantitative estimate of drug-likeness (QED) is 0.682. The van der Waals surface area contributed by atoms with Gasteiger partial charge in [-0.3, -0.25) is 10.1 Å². The predicted octanol–water partition coefficient (Wildman–Crippen LogP) is 3.56. The van der Waals surface area contributed by atoms with E-state index in [0.29, 0.717) is 4.47 Å². The highest BCUT2D eigenvalue weighted by atomic mass is 79.9. The van der Waals surface area contributed by atoms with Crippen molar-refractivity contribution in [3.05, 3.63) is 51.1 Å². The Labute approximate surface area is 124 Å². The number of hydrogen-bond acceptors (Lipinski definition) is 5. The largest absolute Gasteiger partial charge is 0.376 e. The van der Waals surface area contributed by atoms with Gasteiger partial charge < -0.3 is 10.2 Å². The zero-order valence-electron chi connectivity index (χ0n) is 11.0. The summed E-state index contributed by atoms with van der Waals surface area (Å²) < 4.78 is 0.565. The Bertz CT molecular complexity index is 646. The van der Waals surface area contributed by atoms with Crippen LogP contribution in [0.5, 0.6) is 0 Å². The number of hydrogen-bond donors (Lipinski definition) is 1. The Balaban J connectivity index is 2.43. The molecule has 0 fully saturated rings. The Morgan fingerprint density at radius 1 is 1.35 bits per heavy atom. The fourth-order valence-electron chi connectivity index (χ4n) is 1.76. The molecule has 0 aliphatic rings. The van der Waals surface area contributed by atoms with Crippen molar-refractivity contribution in [3.63, 3.8) is 0 Å². The van der Waals surface area contributed by atoms with E-state index >= 15 is 0 Å². The van der Waals surface area contributed by atoms with Crippen LogP contribution in [0.4, 0.5) is 22.9 Å². The summed E-state index contributed by atoms with van der Waals surface area (Å²) in [5.74, 6) is 0.215. The molecule has 0 bridgehead atoms. The minimum absolute atomic E-state index is 0.0760. The molecule has 1 aromatic carbocycles. The predicted molar refractivity (Wildman–Crippen MR) is 82.6 cm³/mol. The lowest BCUT2D eigenvalue weighted by Crippen LogP contribution is -2.11. The van der Waals surface area contributed by atoms with E-state index in [1.54, 1.807) is 0 Å². The van der Waals surface area contributed by atoms with Crippen LogP contribution in [0.1, 0.15) is 0 Å². The van der Waals surface area contributed by atoms with E-state index in [4.69, 9.17) is 0 Å². The molecule has 20 heavy (non-hydrogen) atoms. The molecule has 0 aliphatic carbocycles. The third-order valence-corrected chi connectivity index (χ3v) is 3.10. The summed E-state index contributed by atoms with van der Waals surface area (Å²) in [7, 11) is 3.81. The van der Waals surface area contributed by atoms with E-state index in [0.717, 1.165) is 11.4 Å². The summed E-state index contributed by atoms with van der Waals surface area (Å²) in [4.78, 5) is 16.6. The molecule has 104 valence electrons. The van der Waals surface area contributed by atoms with Crippen LogP contribution < -0.4 is 10.2 Å². The number of rotatable bonds is 4. The molecule has 2 rings (SSSR count). The number of anilines is 3. The monoisotopic (exact) mass is 336 g/mol. The van der Waals surface area contributed by atoms with Crippen LogP contribution in [-0.4, -0.2) is 24.0 Å². The summed E-state index contributed by atoms with van der Waals surface area (Å²) >= 11 is 3.18. The Hall–Kier alpha value is -2.15. The first-order valence-electron chi connectivity index (χ1n) is 5.82. The van der Waals surface area contributed by atoms with E-state index < -0.39 is 4.92 Å². The third kappa shape index (κ3) is 3.05. The molecule has 0 spiro atoms. The lowest BCUT2D eigenvalue weighted by molar-refractivity contribution is -0.384. The van der Waals surface area contributed by atoms with E-state index in [1.165, 1.54) is 12.3 Å². The fourth-order valence-corrected chi connectivity index (χ4v) is 2.08. The maximum Gasteiger partial charge on any atom is 0.312 e. The lowest BCUT2D eigenvalue weighted by Gasteiger charge is -2.17. The lowest BCUT2D eigenvalue weighted by atomic mass is 10.2. The molecule has 7 heteroatoms. The van der Waals surface area contributed by atoms with Crippen LogP contribution >= 0.6 is 15.9 Å². The van der Waals surface area contributed by atoms with Crippen LogP contribution in [0, 0.1) is 10.1 Å². The van der Waals surface area contributed by atoms with Crippen molar-refractivity contribution in [1.29, 1.82) is 0 Å². The van der Waals surface area contributed by atoms with E-state index in [-0.39, 0.29) is 11.5 Å². The maximum absolute atomic E-state index is 11.1. The van der Waals surface area contributed by atoms with Gasteiger partial charge in [-0.05, 0) is 28.1 Å². The van der Waals surface area contributed by atoms with Crippen molar-refractivity contribution >= 4 is 38.8 Å². The summed E-state index contributed by atoms with van der Waals surface area (Å²) in [6.07, 6.45) is 1.52. The minimum Gasteiger partial charge on any atom is -0.376 e. The van der Waals surface area contributed by atoms with E-state index in [1.807, 2.05) is 43.3 Å². The molecule has 1 heterocycles. The first kappa shape index (κ1) is 14.3. The molecule has 6 nitrogen and oxygen atoms in total. The summed E-state index contributed by atoms with van der Waals surface area (Å²) in [6, 6.07) is 8.97. The SMILES string of the molecule is CN(C)c1ccccc1Nc1ncc(Br)cc1[N+](=O)[O-]. The van der Waals surface area contributed by atoms with Crippen molar-refractivity contribution in [2.24, 2.45) is 0 Å². The molecular formula is C13H13BrN4O2. The van der Waals surface area contributed by atoms with Gasteiger partial charge in [0.15, 0.2) is 0 Å². The standard InChI is InChI=1S/C13H13BrN4O2/c1-17(2)11-6-4-3-5-10(11)16-13-12(18(19)20)7-9(14)8-15-13/h3-8H,1-2H3,(H,15,16). The maximum atomic E-state index is 11.1. The van der Waals surface area contributed by atoms with Crippen LogP contribution in [0.25, 0.3) is 0 Å². The van der Waals surface area contributed by atoms with Crippen molar-refractivity contribution in [3.8, 4) is 0 Å². The van der Waals surface area contributed by atoms with Crippen molar-refractivity contribution in [1.82, 2.24) is 4.98 Å². The number of nitro groups is 1. The smallest absolute Gasteiger partial charge is 0.312 e. The summed E-state index contributed by atoms with van der Waals surface area (Å²) in [6.45, 7) is 0. The second-order valence-corrected chi connectivity index (χ2v) is 5.23. The van der Waals surface area contributed by atoms with Crippen LogP contribution in [0.2, 0.25) is 0 Å². The number of nitrogens with zero attached hydrogens (tertiary/aromatic N) is 3. The van der Waals surface area contributed by atoms with Crippen LogP contribution in [0.3, 0.4) is 0 Å². The Morgan fingerprint density at radius 3 is 2.70 bits per heavy atom. The molecule has 0 radical (unpaired) electrons. The average molecular weight is 337 g/mol. The third-order valence-electron chi connectivity index (χ3n) is 2.67. The number of benzene rings is 1. The molecule has 1 N–H and O–H groups in total. The Kier molecular flexibility index (Phi) is 4.19. The van der Waals surface area contributed by atoms with Crippen molar-refractivity contribution < 1.29 is 4.92 Å². The molecule has 1 aromatic heterocycles. The highest BCUT2D eigenvalue weighted by Gasteiger charge is 2.17. The van der Waals surface area contributed by atoms with Gasteiger partial charge in [-0.25, -0.2) is 4.98 Å². The zero-order valence-corrected chi connectivity index (χ0v) is 12.6. The summed E-state index contributed by atoms with van der Waals surface area (Å²) in [5, 5.41) is 14.1. The van der Waals surface area contributed by atoms with Gasteiger partial charge in [0, 0.05) is 30.8 Å². The molecule has 2 aromatic rings. The zero-order chi connectivity index (χ0) is 14.7.